The fourth-order valence-corrected chi connectivity index (χ4v) is 4.65. The molecule has 4 rings (SSSR count). The zero-order valence-electron chi connectivity index (χ0n) is 15.9. The van der Waals surface area contributed by atoms with E-state index in [0.29, 0.717) is 24.4 Å². The first kappa shape index (κ1) is 18.2. The molecule has 1 aromatic rings. The Labute approximate surface area is 159 Å². The molecule has 6 heteroatoms. The molecule has 0 bridgehead atoms. The summed E-state index contributed by atoms with van der Waals surface area (Å²) in [5.74, 6) is -0.153. The number of hydrogen-bond donors (Lipinski definition) is 1. The van der Waals surface area contributed by atoms with Gasteiger partial charge in [0.05, 0.1) is 0 Å². The lowest BCUT2D eigenvalue weighted by Crippen LogP contribution is -2.52. The molecule has 0 spiro atoms. The second kappa shape index (κ2) is 7.43. The zero-order valence-corrected chi connectivity index (χ0v) is 15.9. The lowest BCUT2D eigenvalue weighted by atomic mass is 9.88. The molecular weight excluding hydrogens is 342 g/mol. The fourth-order valence-electron chi connectivity index (χ4n) is 4.65. The minimum absolute atomic E-state index is 0.0937. The predicted molar refractivity (Wildman–Crippen MR) is 101 cm³/mol. The minimum Gasteiger partial charge on any atom is -0.322 e. The van der Waals surface area contributed by atoms with Gasteiger partial charge in [0.15, 0.2) is 0 Å². The minimum atomic E-state index is -0.539. The van der Waals surface area contributed by atoms with Crippen LogP contribution >= 0.6 is 0 Å². The summed E-state index contributed by atoms with van der Waals surface area (Å²) in [6.45, 7) is 6.13. The summed E-state index contributed by atoms with van der Waals surface area (Å²) >= 11 is 0. The van der Waals surface area contributed by atoms with Crippen molar-refractivity contribution in [3.05, 3.63) is 34.9 Å². The molecule has 3 aliphatic rings. The van der Waals surface area contributed by atoms with Crippen LogP contribution in [0.25, 0.3) is 0 Å². The smallest absolute Gasteiger partial charge is 0.255 e. The molecule has 3 aliphatic heterocycles. The lowest BCUT2D eigenvalue weighted by molar-refractivity contribution is -0.136. The molecule has 0 radical (unpaired) electrons. The van der Waals surface area contributed by atoms with Gasteiger partial charge in [-0.3, -0.25) is 19.7 Å². The highest BCUT2D eigenvalue weighted by Crippen LogP contribution is 2.33. The van der Waals surface area contributed by atoms with Gasteiger partial charge >= 0.3 is 0 Å². The van der Waals surface area contributed by atoms with Crippen molar-refractivity contribution in [2.45, 2.75) is 57.5 Å². The average molecular weight is 369 g/mol. The van der Waals surface area contributed by atoms with Gasteiger partial charge in [-0.15, -0.1) is 0 Å². The Bertz CT molecular complexity index is 768. The van der Waals surface area contributed by atoms with Gasteiger partial charge < -0.3 is 9.80 Å². The Morgan fingerprint density at radius 3 is 2.59 bits per heavy atom. The van der Waals surface area contributed by atoms with Crippen molar-refractivity contribution in [2.24, 2.45) is 0 Å². The van der Waals surface area contributed by atoms with Gasteiger partial charge in [-0.2, -0.15) is 0 Å². The van der Waals surface area contributed by atoms with E-state index in [1.54, 1.807) is 4.90 Å². The van der Waals surface area contributed by atoms with E-state index in [-0.39, 0.29) is 24.1 Å². The number of hydrogen-bond acceptors (Lipinski definition) is 4. The van der Waals surface area contributed by atoms with E-state index < -0.39 is 6.04 Å². The molecule has 1 aromatic carbocycles. The van der Waals surface area contributed by atoms with Gasteiger partial charge in [-0.05, 0) is 68.4 Å². The predicted octanol–water partition coefficient (Wildman–Crippen LogP) is 2.04. The number of carbonyl (C=O) groups is 3. The monoisotopic (exact) mass is 369 g/mol. The van der Waals surface area contributed by atoms with Crippen molar-refractivity contribution in [2.75, 3.05) is 19.6 Å². The van der Waals surface area contributed by atoms with Crippen LogP contribution in [0, 0.1) is 0 Å². The molecule has 6 nitrogen and oxygen atoms in total. The van der Waals surface area contributed by atoms with Crippen molar-refractivity contribution in [3.8, 4) is 0 Å². The topological polar surface area (TPSA) is 69.7 Å². The summed E-state index contributed by atoms with van der Waals surface area (Å²) in [5.41, 5.74) is 3.02. The van der Waals surface area contributed by atoms with Crippen LogP contribution in [0.3, 0.4) is 0 Å². The van der Waals surface area contributed by atoms with E-state index in [1.165, 1.54) is 18.5 Å². The number of rotatable bonds is 4. The Balaban J connectivity index is 1.47. The second-order valence-electron chi connectivity index (χ2n) is 7.93. The van der Waals surface area contributed by atoms with E-state index in [1.807, 2.05) is 6.07 Å². The number of likely N-dealkylation sites (tertiary alicyclic amines) is 1. The van der Waals surface area contributed by atoms with Gasteiger partial charge in [0.2, 0.25) is 11.8 Å². The van der Waals surface area contributed by atoms with Crippen molar-refractivity contribution in [1.29, 1.82) is 0 Å². The van der Waals surface area contributed by atoms with Gasteiger partial charge in [0, 0.05) is 18.5 Å². The fraction of sp³-hybridized carbons (Fsp3) is 0.571. The molecule has 1 atom stereocenters. The van der Waals surface area contributed by atoms with Crippen LogP contribution in [0.1, 0.15) is 66.4 Å². The maximum Gasteiger partial charge on any atom is 0.255 e. The number of amides is 3. The molecule has 0 aliphatic carbocycles. The highest BCUT2D eigenvalue weighted by Gasteiger charge is 2.39. The summed E-state index contributed by atoms with van der Waals surface area (Å²) in [6.07, 6.45) is 4.21. The molecule has 1 unspecified atom stereocenters. The Kier molecular flexibility index (Phi) is 5.00. The maximum atomic E-state index is 12.8. The molecule has 0 aromatic heterocycles. The van der Waals surface area contributed by atoms with Crippen LogP contribution < -0.4 is 5.32 Å². The SMILES string of the molecule is CCCN1CCC(c2ccc3c(c2)CN(C2CCC(=O)NC2=O)C3=O)CC1. The molecule has 2 fully saturated rings. The molecule has 0 saturated carbocycles. The van der Waals surface area contributed by atoms with E-state index >= 15 is 0 Å². The molecule has 2 saturated heterocycles. The molecular formula is C21H27N3O3. The maximum absolute atomic E-state index is 12.8. The molecule has 3 heterocycles. The largest absolute Gasteiger partial charge is 0.322 e. The van der Waals surface area contributed by atoms with Crippen molar-refractivity contribution in [3.63, 3.8) is 0 Å². The van der Waals surface area contributed by atoms with Crippen LogP contribution in [-0.2, 0) is 16.1 Å². The van der Waals surface area contributed by atoms with Crippen LogP contribution in [0.5, 0.6) is 0 Å². The quantitative estimate of drug-likeness (QED) is 0.825. The van der Waals surface area contributed by atoms with Crippen LogP contribution in [-0.4, -0.2) is 53.2 Å². The Morgan fingerprint density at radius 1 is 1.11 bits per heavy atom. The number of benzene rings is 1. The first-order valence-electron chi connectivity index (χ1n) is 10.1. The van der Waals surface area contributed by atoms with Crippen molar-refractivity contribution < 1.29 is 14.4 Å². The highest BCUT2D eigenvalue weighted by molar-refractivity contribution is 6.05. The average Bonchev–Trinajstić information content (AvgIpc) is 2.98. The number of fused-ring (bicyclic) bond motifs is 1. The third-order valence-electron chi connectivity index (χ3n) is 6.15. The number of imide groups is 1. The second-order valence-corrected chi connectivity index (χ2v) is 7.93. The van der Waals surface area contributed by atoms with Gasteiger partial charge in [0.1, 0.15) is 6.04 Å². The Hall–Kier alpha value is -2.21. The third kappa shape index (κ3) is 3.50. The standard InChI is InChI=1S/C21H27N3O3/c1-2-9-23-10-7-14(8-11-23)15-3-4-17-16(12-15)13-24(21(17)27)18-5-6-19(25)22-20(18)26/h3-4,12,14,18H,2,5-11,13H2,1H3,(H,22,25,26). The highest BCUT2D eigenvalue weighted by atomic mass is 16.2. The third-order valence-corrected chi connectivity index (χ3v) is 6.15. The molecule has 27 heavy (non-hydrogen) atoms. The first-order chi connectivity index (χ1) is 13.1. The summed E-state index contributed by atoms with van der Waals surface area (Å²) in [4.78, 5) is 40.5. The van der Waals surface area contributed by atoms with E-state index in [9.17, 15) is 14.4 Å². The molecule has 144 valence electrons. The van der Waals surface area contributed by atoms with Crippen molar-refractivity contribution in [1.82, 2.24) is 15.1 Å². The van der Waals surface area contributed by atoms with Crippen LogP contribution in [0.2, 0.25) is 0 Å². The van der Waals surface area contributed by atoms with Crippen LogP contribution in [0.15, 0.2) is 18.2 Å². The normalized spacial score (nSPS) is 24.3. The van der Waals surface area contributed by atoms with E-state index in [4.69, 9.17) is 0 Å². The van der Waals surface area contributed by atoms with Gasteiger partial charge in [-0.25, -0.2) is 0 Å². The van der Waals surface area contributed by atoms with E-state index in [2.05, 4.69) is 29.3 Å². The number of piperidine rings is 2. The molecule has 1 N–H and O–H groups in total. The van der Waals surface area contributed by atoms with Gasteiger partial charge in [-0.1, -0.05) is 19.1 Å². The van der Waals surface area contributed by atoms with Crippen LogP contribution in [0.4, 0.5) is 0 Å². The van der Waals surface area contributed by atoms with E-state index in [0.717, 1.165) is 31.5 Å². The summed E-state index contributed by atoms with van der Waals surface area (Å²) in [5, 5.41) is 2.35. The zero-order chi connectivity index (χ0) is 19.0. The summed E-state index contributed by atoms with van der Waals surface area (Å²) < 4.78 is 0. The lowest BCUT2D eigenvalue weighted by Gasteiger charge is -2.32. The van der Waals surface area contributed by atoms with Crippen molar-refractivity contribution >= 4 is 17.7 Å². The number of nitrogens with zero attached hydrogens (tertiary/aromatic N) is 2. The summed E-state index contributed by atoms with van der Waals surface area (Å²) in [6, 6.07) is 5.64. The summed E-state index contributed by atoms with van der Waals surface area (Å²) in [7, 11) is 0. The first-order valence-corrected chi connectivity index (χ1v) is 10.1. The number of carbonyl (C=O) groups excluding carboxylic acids is 3. The van der Waals surface area contributed by atoms with Gasteiger partial charge in [0.25, 0.3) is 5.91 Å². The molecule has 3 amide bonds. The number of nitrogens with one attached hydrogen (secondary N) is 1. The Morgan fingerprint density at radius 2 is 1.89 bits per heavy atom.